The van der Waals surface area contributed by atoms with Crippen molar-refractivity contribution >= 4 is 35.2 Å². The molecule has 8 nitrogen and oxygen atoms in total. The molecule has 0 saturated carbocycles. The zero-order chi connectivity index (χ0) is 26.5. The summed E-state index contributed by atoms with van der Waals surface area (Å²) in [6, 6.07) is 8.53. The van der Waals surface area contributed by atoms with E-state index < -0.39 is 35.6 Å². The molecule has 9 heteroatoms. The number of hydrogen-bond donors (Lipinski definition) is 3. The fourth-order valence-corrected chi connectivity index (χ4v) is 3.82. The van der Waals surface area contributed by atoms with Gasteiger partial charge in [0.05, 0.1) is 10.7 Å². The molecule has 0 bridgehead atoms. The van der Waals surface area contributed by atoms with Gasteiger partial charge in [-0.1, -0.05) is 29.8 Å². The van der Waals surface area contributed by atoms with E-state index in [0.717, 1.165) is 5.56 Å². The van der Waals surface area contributed by atoms with E-state index >= 15 is 0 Å². The SMILES string of the molecule is Cc1cc(C(C(=O)Nc2c(C)cccc2Cl)N(C(=O)CNC(=O)OC(C)(C)C)C(C)C)ccc1O. The molecule has 190 valence electrons. The standard InChI is InChI=1S/C26H34ClN3O5/c1-15(2)30(21(32)14-28-25(34)35-26(5,6)7)23(18-11-12-20(31)17(4)13-18)24(33)29-22-16(3)9-8-10-19(22)27/h8-13,15,23,31H,14H2,1-7H3,(H,28,34)(H,29,33). The van der Waals surface area contributed by atoms with E-state index in [9.17, 15) is 19.5 Å². The maximum atomic E-state index is 13.7. The second-order valence-corrected chi connectivity index (χ2v) is 10.0. The Morgan fingerprint density at radius 1 is 1.09 bits per heavy atom. The van der Waals surface area contributed by atoms with Gasteiger partial charge in [-0.2, -0.15) is 0 Å². The minimum absolute atomic E-state index is 0.0730. The molecule has 2 aromatic carbocycles. The zero-order valence-electron chi connectivity index (χ0n) is 21.2. The van der Waals surface area contributed by atoms with Crippen LogP contribution >= 0.6 is 11.6 Å². The molecule has 2 aromatic rings. The van der Waals surface area contributed by atoms with E-state index in [1.807, 2.05) is 13.0 Å². The Hall–Kier alpha value is -3.26. The molecule has 0 spiro atoms. The predicted octanol–water partition coefficient (Wildman–Crippen LogP) is 5.10. The largest absolute Gasteiger partial charge is 0.508 e. The lowest BCUT2D eigenvalue weighted by Crippen LogP contribution is -2.49. The highest BCUT2D eigenvalue weighted by Crippen LogP contribution is 2.31. The van der Waals surface area contributed by atoms with Crippen LogP contribution in [0.25, 0.3) is 0 Å². The van der Waals surface area contributed by atoms with Gasteiger partial charge < -0.3 is 25.4 Å². The highest BCUT2D eigenvalue weighted by atomic mass is 35.5. The third kappa shape index (κ3) is 7.62. The van der Waals surface area contributed by atoms with Crippen LogP contribution in [0.3, 0.4) is 0 Å². The van der Waals surface area contributed by atoms with Gasteiger partial charge in [-0.15, -0.1) is 0 Å². The number of alkyl carbamates (subject to hydrolysis) is 1. The maximum absolute atomic E-state index is 13.7. The van der Waals surface area contributed by atoms with Gasteiger partial charge in [0.2, 0.25) is 5.91 Å². The van der Waals surface area contributed by atoms with Crippen molar-refractivity contribution in [3.63, 3.8) is 0 Å². The number of carbonyl (C=O) groups is 3. The normalized spacial score (nSPS) is 12.1. The highest BCUT2D eigenvalue weighted by Gasteiger charge is 2.34. The van der Waals surface area contributed by atoms with Crippen molar-refractivity contribution in [3.8, 4) is 5.75 Å². The van der Waals surface area contributed by atoms with E-state index in [0.29, 0.717) is 21.8 Å². The van der Waals surface area contributed by atoms with Gasteiger partial charge in [0, 0.05) is 6.04 Å². The lowest BCUT2D eigenvalue weighted by atomic mass is 9.99. The summed E-state index contributed by atoms with van der Waals surface area (Å²) in [6.45, 7) is 11.9. The molecule has 0 aliphatic rings. The number of amides is 3. The predicted molar refractivity (Wildman–Crippen MR) is 137 cm³/mol. The lowest BCUT2D eigenvalue weighted by Gasteiger charge is -2.35. The Bertz CT molecular complexity index is 1070. The van der Waals surface area contributed by atoms with Gasteiger partial charge >= 0.3 is 6.09 Å². The molecule has 3 amide bonds. The number of hydrogen-bond acceptors (Lipinski definition) is 5. The van der Waals surface area contributed by atoms with Crippen LogP contribution < -0.4 is 10.6 Å². The number of benzene rings is 2. The smallest absolute Gasteiger partial charge is 0.408 e. The average Bonchev–Trinajstić information content (AvgIpc) is 2.73. The number of carbonyl (C=O) groups excluding carboxylic acids is 3. The second kappa shape index (κ2) is 11.4. The van der Waals surface area contributed by atoms with E-state index in [1.165, 1.54) is 11.0 Å². The third-order valence-corrected chi connectivity index (χ3v) is 5.48. The number of nitrogens with one attached hydrogen (secondary N) is 2. The summed E-state index contributed by atoms with van der Waals surface area (Å²) in [6.07, 6.45) is -0.734. The van der Waals surface area contributed by atoms with E-state index in [4.69, 9.17) is 16.3 Å². The molecule has 0 radical (unpaired) electrons. The van der Waals surface area contributed by atoms with Crippen LogP contribution in [0.5, 0.6) is 5.75 Å². The number of para-hydroxylation sites is 1. The Labute approximate surface area is 211 Å². The van der Waals surface area contributed by atoms with Gasteiger partial charge in [-0.05, 0) is 83.4 Å². The number of phenols is 1. The molecule has 0 fully saturated rings. The van der Waals surface area contributed by atoms with Crippen LogP contribution in [-0.4, -0.2) is 46.1 Å². The van der Waals surface area contributed by atoms with Crippen LogP contribution in [0.2, 0.25) is 5.02 Å². The number of phenolic OH excluding ortho intramolecular Hbond substituents is 1. The van der Waals surface area contributed by atoms with Crippen molar-refractivity contribution in [1.82, 2.24) is 10.2 Å². The first-order valence-electron chi connectivity index (χ1n) is 11.3. The molecule has 2 rings (SSSR count). The molecule has 0 saturated heterocycles. The zero-order valence-corrected chi connectivity index (χ0v) is 22.0. The summed E-state index contributed by atoms with van der Waals surface area (Å²) in [5.74, 6) is -0.887. The van der Waals surface area contributed by atoms with Gasteiger partial charge in [-0.25, -0.2) is 4.79 Å². The first-order chi connectivity index (χ1) is 16.2. The Morgan fingerprint density at radius 2 is 1.74 bits per heavy atom. The topological polar surface area (TPSA) is 108 Å². The number of nitrogens with zero attached hydrogens (tertiary/aromatic N) is 1. The molecule has 3 N–H and O–H groups in total. The molecule has 0 heterocycles. The molecule has 0 aromatic heterocycles. The minimum atomic E-state index is -1.06. The lowest BCUT2D eigenvalue weighted by molar-refractivity contribution is -0.140. The maximum Gasteiger partial charge on any atom is 0.408 e. The third-order valence-electron chi connectivity index (χ3n) is 5.16. The van der Waals surface area contributed by atoms with Crippen LogP contribution in [-0.2, 0) is 14.3 Å². The second-order valence-electron chi connectivity index (χ2n) is 9.62. The number of aromatic hydroxyl groups is 1. The van der Waals surface area contributed by atoms with E-state index in [1.54, 1.807) is 65.8 Å². The molecule has 0 aliphatic heterocycles. The van der Waals surface area contributed by atoms with Crippen LogP contribution in [0.15, 0.2) is 36.4 Å². The number of halogens is 1. The fraction of sp³-hybridized carbons (Fsp3) is 0.423. The first kappa shape index (κ1) is 28.0. The quantitative estimate of drug-likeness (QED) is 0.487. The van der Waals surface area contributed by atoms with Crippen molar-refractivity contribution in [1.29, 1.82) is 0 Å². The fourth-order valence-electron chi connectivity index (χ4n) is 3.55. The van der Waals surface area contributed by atoms with Crippen LogP contribution in [0, 0.1) is 13.8 Å². The number of anilines is 1. The van der Waals surface area contributed by atoms with Crippen LogP contribution in [0.1, 0.15) is 57.4 Å². The number of aryl methyl sites for hydroxylation is 2. The summed E-state index contributed by atoms with van der Waals surface area (Å²) >= 11 is 6.32. The van der Waals surface area contributed by atoms with Gasteiger partial charge in [0.1, 0.15) is 23.9 Å². The Balaban J connectivity index is 2.43. The number of rotatable bonds is 7. The first-order valence-corrected chi connectivity index (χ1v) is 11.7. The van der Waals surface area contributed by atoms with Crippen LogP contribution in [0.4, 0.5) is 10.5 Å². The molecule has 1 unspecified atom stereocenters. The average molecular weight is 504 g/mol. The Morgan fingerprint density at radius 3 is 2.29 bits per heavy atom. The van der Waals surface area contributed by atoms with E-state index in [-0.39, 0.29) is 12.3 Å². The van der Waals surface area contributed by atoms with Crippen molar-refractivity contribution in [2.45, 2.75) is 66.2 Å². The Kier molecular flexibility index (Phi) is 9.15. The van der Waals surface area contributed by atoms with Crippen molar-refractivity contribution < 1.29 is 24.2 Å². The minimum Gasteiger partial charge on any atom is -0.508 e. The highest BCUT2D eigenvalue weighted by molar-refractivity contribution is 6.34. The van der Waals surface area contributed by atoms with Crippen molar-refractivity contribution in [3.05, 3.63) is 58.1 Å². The van der Waals surface area contributed by atoms with Crippen molar-refractivity contribution in [2.24, 2.45) is 0 Å². The molecular weight excluding hydrogens is 470 g/mol. The molecule has 1 atom stereocenters. The molecular formula is C26H34ClN3O5. The van der Waals surface area contributed by atoms with Gasteiger partial charge in [-0.3, -0.25) is 9.59 Å². The summed E-state index contributed by atoms with van der Waals surface area (Å²) < 4.78 is 5.21. The monoisotopic (exact) mass is 503 g/mol. The van der Waals surface area contributed by atoms with Gasteiger partial charge in [0.15, 0.2) is 0 Å². The summed E-state index contributed by atoms with van der Waals surface area (Å²) in [5, 5.41) is 15.7. The summed E-state index contributed by atoms with van der Waals surface area (Å²) in [4.78, 5) is 40.5. The van der Waals surface area contributed by atoms with Gasteiger partial charge in [0.25, 0.3) is 5.91 Å². The van der Waals surface area contributed by atoms with Crippen molar-refractivity contribution in [2.75, 3.05) is 11.9 Å². The van der Waals surface area contributed by atoms with E-state index in [2.05, 4.69) is 10.6 Å². The summed E-state index contributed by atoms with van der Waals surface area (Å²) in [5.41, 5.74) is 1.55. The summed E-state index contributed by atoms with van der Waals surface area (Å²) in [7, 11) is 0. The number of ether oxygens (including phenoxy) is 1. The molecule has 0 aliphatic carbocycles. The molecule has 35 heavy (non-hydrogen) atoms.